The number of amides is 1. The van der Waals surface area contributed by atoms with Gasteiger partial charge in [0, 0.05) is 23.3 Å². The number of carboxylic acid groups (broad SMARTS) is 1. The molecule has 0 radical (unpaired) electrons. The Bertz CT molecular complexity index is 1190. The van der Waals surface area contributed by atoms with Crippen molar-refractivity contribution in [2.45, 2.75) is 128 Å². The van der Waals surface area contributed by atoms with Gasteiger partial charge < -0.3 is 15.7 Å². The second-order valence-corrected chi connectivity index (χ2v) is 13.2. The highest BCUT2D eigenvalue weighted by Gasteiger charge is 2.30. The van der Waals surface area contributed by atoms with Crippen LogP contribution in [0.4, 0.5) is 18.9 Å². The molecule has 3 N–H and O–H groups in total. The van der Waals surface area contributed by atoms with Gasteiger partial charge in [-0.2, -0.15) is 13.2 Å². The van der Waals surface area contributed by atoms with Crippen LogP contribution >= 0.6 is 0 Å². The number of aliphatic carboxylic acids is 1. The lowest BCUT2D eigenvalue weighted by molar-refractivity contribution is -0.143. The third kappa shape index (κ3) is 14.0. The van der Waals surface area contributed by atoms with Gasteiger partial charge in [-0.15, -0.1) is 0 Å². The lowest BCUT2D eigenvalue weighted by Crippen LogP contribution is -2.37. The molecule has 0 spiro atoms. The van der Waals surface area contributed by atoms with Gasteiger partial charge in [-0.1, -0.05) is 83.3 Å². The molecule has 1 atom stereocenters. The molecule has 2 aromatic rings. The van der Waals surface area contributed by atoms with Gasteiger partial charge in [0.25, 0.3) is 5.91 Å². The van der Waals surface area contributed by atoms with Crippen molar-refractivity contribution in [2.75, 3.05) is 25.0 Å². The molecule has 2 fully saturated rings. The topological polar surface area (TPSA) is 81.7 Å². The van der Waals surface area contributed by atoms with Gasteiger partial charge >= 0.3 is 12.1 Å². The van der Waals surface area contributed by atoms with Crippen molar-refractivity contribution in [1.29, 1.82) is 0 Å². The smallest absolute Gasteiger partial charge is 0.416 e. The summed E-state index contributed by atoms with van der Waals surface area (Å²) in [5.74, 6) is -1.55. The maximum atomic E-state index is 12.7. The van der Waals surface area contributed by atoms with Gasteiger partial charge in [0.05, 0.1) is 11.5 Å². The van der Waals surface area contributed by atoms with E-state index in [1.54, 1.807) is 12.1 Å². The highest BCUT2D eigenvalue weighted by molar-refractivity contribution is 6.04. The monoisotopic (exact) mass is 659 g/mol. The molecule has 1 unspecified atom stereocenters. The summed E-state index contributed by atoms with van der Waals surface area (Å²) < 4.78 is 38.0. The second kappa shape index (κ2) is 20.5. The molecule has 262 valence electrons. The fraction of sp³-hybridized carbons (Fsp3) is 0.632. The minimum absolute atomic E-state index is 0.0441. The summed E-state index contributed by atoms with van der Waals surface area (Å²) in [4.78, 5) is 25.7. The zero-order valence-electron chi connectivity index (χ0n) is 28.4. The Balaban J connectivity index is 0.000000300. The number of nitrogens with zero attached hydrogens (tertiary/aromatic N) is 1. The van der Waals surface area contributed by atoms with E-state index in [0.29, 0.717) is 31.6 Å². The molecule has 6 nitrogen and oxygen atoms in total. The number of anilines is 1. The van der Waals surface area contributed by atoms with E-state index in [1.807, 2.05) is 19.1 Å². The van der Waals surface area contributed by atoms with Crippen LogP contribution in [-0.2, 0) is 11.0 Å². The standard InChI is InChI=1S/C22H23F3N2O3.C16H33N/c1-14(27-11-9-16(10-12-27)21(29)30)17-3-2-4-19(13-17)26-20(28)15-5-7-18(8-6-15)22(23,24)25;1-2-3-4-5-6-7-8-12-15-17-16-13-10-9-11-14-16/h2-8,13-14,16H,9-12H2,1H3,(H,26,28)(H,29,30);16-17H,2-15H2,1H3. The van der Waals surface area contributed by atoms with Gasteiger partial charge in [0.15, 0.2) is 0 Å². The van der Waals surface area contributed by atoms with Crippen molar-refractivity contribution in [3.05, 3.63) is 65.2 Å². The number of unbranched alkanes of at least 4 members (excludes halogenated alkanes) is 7. The quantitative estimate of drug-likeness (QED) is 0.166. The molecule has 2 aliphatic rings. The first-order valence-corrected chi connectivity index (χ1v) is 17.9. The van der Waals surface area contributed by atoms with Crippen LogP contribution in [0, 0.1) is 5.92 Å². The normalized spacial score (nSPS) is 17.0. The van der Waals surface area contributed by atoms with Crippen LogP contribution in [0.1, 0.15) is 138 Å². The zero-order valence-corrected chi connectivity index (χ0v) is 28.4. The first-order valence-electron chi connectivity index (χ1n) is 17.9. The predicted molar refractivity (Wildman–Crippen MR) is 184 cm³/mol. The van der Waals surface area contributed by atoms with Crippen molar-refractivity contribution < 1.29 is 27.9 Å². The first-order chi connectivity index (χ1) is 22.6. The van der Waals surface area contributed by atoms with Crippen LogP contribution in [0.15, 0.2) is 48.5 Å². The molecular formula is C38H56F3N3O3. The van der Waals surface area contributed by atoms with Crippen LogP contribution in [0.25, 0.3) is 0 Å². The van der Waals surface area contributed by atoms with E-state index in [4.69, 9.17) is 5.11 Å². The molecule has 0 aromatic heterocycles. The molecule has 2 aromatic carbocycles. The summed E-state index contributed by atoms with van der Waals surface area (Å²) >= 11 is 0. The van der Waals surface area contributed by atoms with Gasteiger partial charge in [-0.25, -0.2) is 0 Å². The van der Waals surface area contributed by atoms with Crippen LogP contribution in [0.3, 0.4) is 0 Å². The van der Waals surface area contributed by atoms with Gasteiger partial charge in [0.2, 0.25) is 0 Å². The average molecular weight is 660 g/mol. The SMILES string of the molecule is CC(c1cccc(NC(=O)c2ccc(C(F)(F)F)cc2)c1)N1CCC(C(=O)O)CC1.CCCCCCCCCCNC1CCCCC1. The molecule has 47 heavy (non-hydrogen) atoms. The van der Waals surface area contributed by atoms with E-state index in [0.717, 1.165) is 35.9 Å². The molecule has 1 saturated carbocycles. The van der Waals surface area contributed by atoms with Gasteiger partial charge in [-0.3, -0.25) is 14.5 Å². The number of hydrogen-bond donors (Lipinski definition) is 3. The van der Waals surface area contributed by atoms with Crippen LogP contribution in [0.2, 0.25) is 0 Å². The third-order valence-corrected chi connectivity index (χ3v) is 9.60. The minimum Gasteiger partial charge on any atom is -0.481 e. The summed E-state index contributed by atoms with van der Waals surface area (Å²) in [6.07, 6.45) is 15.4. The van der Waals surface area contributed by atoms with E-state index >= 15 is 0 Å². The van der Waals surface area contributed by atoms with E-state index in [1.165, 1.54) is 90.0 Å². The Morgan fingerprint density at radius 2 is 1.49 bits per heavy atom. The van der Waals surface area contributed by atoms with Crippen molar-refractivity contribution in [3.8, 4) is 0 Å². The Kier molecular flexibility index (Phi) is 16.8. The lowest BCUT2D eigenvalue weighted by atomic mass is 9.94. The van der Waals surface area contributed by atoms with E-state index in [2.05, 4.69) is 22.5 Å². The van der Waals surface area contributed by atoms with Gasteiger partial charge in [-0.05, 0) is 101 Å². The molecule has 9 heteroatoms. The largest absolute Gasteiger partial charge is 0.481 e. The number of piperidine rings is 1. The average Bonchev–Trinajstić information content (AvgIpc) is 3.08. The zero-order chi connectivity index (χ0) is 34.1. The number of carbonyl (C=O) groups excluding carboxylic acids is 1. The minimum atomic E-state index is -4.45. The van der Waals surface area contributed by atoms with Crippen LogP contribution in [-0.4, -0.2) is 47.6 Å². The number of carboxylic acids is 1. The van der Waals surface area contributed by atoms with Crippen molar-refractivity contribution in [3.63, 3.8) is 0 Å². The van der Waals surface area contributed by atoms with Crippen molar-refractivity contribution >= 4 is 17.6 Å². The molecule has 1 amide bonds. The summed E-state index contributed by atoms with van der Waals surface area (Å²) in [5, 5.41) is 15.6. The van der Waals surface area contributed by atoms with Crippen molar-refractivity contribution in [2.24, 2.45) is 5.92 Å². The van der Waals surface area contributed by atoms with E-state index in [9.17, 15) is 22.8 Å². The maximum absolute atomic E-state index is 12.7. The predicted octanol–water partition coefficient (Wildman–Crippen LogP) is 9.86. The lowest BCUT2D eigenvalue weighted by Gasteiger charge is -2.35. The van der Waals surface area contributed by atoms with E-state index < -0.39 is 23.6 Å². The summed E-state index contributed by atoms with van der Waals surface area (Å²) in [6, 6.07) is 12.2. The van der Waals surface area contributed by atoms with Crippen LogP contribution in [0.5, 0.6) is 0 Å². The highest BCUT2D eigenvalue weighted by atomic mass is 19.4. The number of hydrogen-bond acceptors (Lipinski definition) is 4. The Morgan fingerprint density at radius 1 is 0.872 bits per heavy atom. The summed E-state index contributed by atoms with van der Waals surface area (Å²) in [5.41, 5.74) is 0.845. The Hall–Kier alpha value is -2.91. The maximum Gasteiger partial charge on any atom is 0.416 e. The number of nitrogens with one attached hydrogen (secondary N) is 2. The molecule has 1 saturated heterocycles. The first kappa shape index (κ1) is 38.5. The Morgan fingerprint density at radius 3 is 2.09 bits per heavy atom. The fourth-order valence-corrected chi connectivity index (χ4v) is 6.51. The number of halogens is 3. The molecular weight excluding hydrogens is 603 g/mol. The van der Waals surface area contributed by atoms with Crippen LogP contribution < -0.4 is 10.6 Å². The molecule has 1 aliphatic carbocycles. The summed E-state index contributed by atoms with van der Waals surface area (Å²) in [6.45, 7) is 6.94. The van der Waals surface area contributed by atoms with E-state index in [-0.39, 0.29) is 17.5 Å². The molecule has 1 aliphatic heterocycles. The number of benzene rings is 2. The van der Waals surface area contributed by atoms with Crippen molar-refractivity contribution in [1.82, 2.24) is 10.2 Å². The number of rotatable bonds is 15. The summed E-state index contributed by atoms with van der Waals surface area (Å²) in [7, 11) is 0. The second-order valence-electron chi connectivity index (χ2n) is 13.2. The third-order valence-electron chi connectivity index (χ3n) is 9.60. The number of alkyl halides is 3. The fourth-order valence-electron chi connectivity index (χ4n) is 6.51. The molecule has 0 bridgehead atoms. The molecule has 4 rings (SSSR count). The highest BCUT2D eigenvalue weighted by Crippen LogP contribution is 2.30. The van der Waals surface area contributed by atoms with Gasteiger partial charge in [0.1, 0.15) is 0 Å². The Labute approximate surface area is 279 Å². The number of carbonyl (C=O) groups is 2. The molecule has 1 heterocycles. The number of likely N-dealkylation sites (tertiary alicyclic amines) is 1.